The Morgan fingerprint density at radius 1 is 1.07 bits per heavy atom. The number of pyridine rings is 2. The lowest BCUT2D eigenvalue weighted by Crippen LogP contribution is -2.48. The van der Waals surface area contributed by atoms with Gasteiger partial charge in [0.2, 0.25) is 5.91 Å². The van der Waals surface area contributed by atoms with Crippen molar-refractivity contribution in [3.63, 3.8) is 0 Å². The highest BCUT2D eigenvalue weighted by Gasteiger charge is 2.30. The molecule has 0 unspecified atom stereocenters. The summed E-state index contributed by atoms with van der Waals surface area (Å²) in [7, 11) is 1.97. The monoisotopic (exact) mass is 551 g/mol. The molecule has 1 fully saturated rings. The van der Waals surface area contributed by atoms with Gasteiger partial charge in [-0.15, -0.1) is 0 Å². The van der Waals surface area contributed by atoms with E-state index in [0.717, 1.165) is 60.7 Å². The molecule has 9 heteroatoms. The third-order valence-electron chi connectivity index (χ3n) is 7.40. The highest BCUT2D eigenvalue weighted by Crippen LogP contribution is 2.29. The van der Waals surface area contributed by atoms with E-state index in [2.05, 4.69) is 28.7 Å². The van der Waals surface area contributed by atoms with E-state index in [1.807, 2.05) is 42.0 Å². The summed E-state index contributed by atoms with van der Waals surface area (Å²) in [6.07, 6.45) is 5.67. The number of likely N-dealkylation sites (tertiary alicyclic amines) is 1. The number of rotatable bonds is 8. The van der Waals surface area contributed by atoms with Gasteiger partial charge in [-0.3, -0.25) is 14.8 Å². The number of hydrogen-bond acceptors (Lipinski definition) is 5. The lowest BCUT2D eigenvalue weighted by atomic mass is 10.0. The number of hydrogen-bond donors (Lipinski definition) is 0. The second kappa shape index (κ2) is 12.6. The molecule has 40 heavy (non-hydrogen) atoms. The first kappa shape index (κ1) is 29.3. The van der Waals surface area contributed by atoms with Crippen LogP contribution in [-0.2, 0) is 17.5 Å². The molecular weight excluding hydrogens is 515 g/mol. The van der Waals surface area contributed by atoms with Gasteiger partial charge < -0.3 is 14.7 Å². The second-order valence-corrected chi connectivity index (χ2v) is 10.5. The maximum absolute atomic E-state index is 13.5. The van der Waals surface area contributed by atoms with E-state index in [4.69, 9.17) is 0 Å². The number of alkyl halides is 3. The van der Waals surface area contributed by atoms with Gasteiger partial charge >= 0.3 is 6.18 Å². The van der Waals surface area contributed by atoms with Crippen molar-refractivity contribution in [1.82, 2.24) is 19.8 Å². The van der Waals surface area contributed by atoms with Gasteiger partial charge in [0.15, 0.2) is 0 Å². The first-order valence-electron chi connectivity index (χ1n) is 13.5. The van der Waals surface area contributed by atoms with Gasteiger partial charge in [0.05, 0.1) is 17.4 Å². The first-order chi connectivity index (χ1) is 19.0. The first-order valence-corrected chi connectivity index (χ1v) is 13.5. The van der Waals surface area contributed by atoms with Crippen LogP contribution in [0, 0.1) is 6.92 Å². The Bertz CT molecular complexity index is 1320. The Morgan fingerprint density at radius 3 is 2.40 bits per heavy atom. The number of halogens is 3. The van der Waals surface area contributed by atoms with Gasteiger partial charge in [-0.2, -0.15) is 13.2 Å². The van der Waals surface area contributed by atoms with E-state index < -0.39 is 11.7 Å². The van der Waals surface area contributed by atoms with Crippen molar-refractivity contribution in [2.45, 2.75) is 58.4 Å². The Kier molecular flexibility index (Phi) is 9.25. The van der Waals surface area contributed by atoms with Gasteiger partial charge in [-0.25, -0.2) is 0 Å². The molecule has 0 aliphatic carbocycles. The summed E-state index contributed by atoms with van der Waals surface area (Å²) in [6.45, 7) is 8.47. The molecule has 2 aromatic heterocycles. The van der Waals surface area contributed by atoms with Gasteiger partial charge in [0, 0.05) is 68.6 Å². The van der Waals surface area contributed by atoms with Crippen LogP contribution in [0.4, 0.5) is 24.5 Å². The number of aryl methyl sites for hydroxylation is 1. The van der Waals surface area contributed by atoms with Crippen molar-refractivity contribution in [2.75, 3.05) is 25.0 Å². The number of anilines is 2. The van der Waals surface area contributed by atoms with Gasteiger partial charge in [0.25, 0.3) is 0 Å². The molecule has 1 amide bonds. The van der Waals surface area contributed by atoms with Crippen molar-refractivity contribution in [3.8, 4) is 0 Å². The van der Waals surface area contributed by atoms with Crippen LogP contribution in [0.1, 0.15) is 49.1 Å². The normalized spacial score (nSPS) is 15.1. The highest BCUT2D eigenvalue weighted by molar-refractivity contribution is 5.92. The van der Waals surface area contributed by atoms with E-state index in [0.29, 0.717) is 18.2 Å². The topological polar surface area (TPSA) is 52.6 Å². The number of piperidine rings is 1. The van der Waals surface area contributed by atoms with Crippen LogP contribution in [0.25, 0.3) is 6.08 Å². The SMILES string of the molecule is Cc1cc(N(C)c2cncc(CN(C(=O)C=Cc3ccc(C(F)(F)F)cc3)C3CCN(C(C)C)CC3)c2)ccn1. The summed E-state index contributed by atoms with van der Waals surface area (Å²) in [5.74, 6) is -0.175. The Labute approximate surface area is 234 Å². The van der Waals surface area contributed by atoms with Gasteiger partial charge in [-0.1, -0.05) is 12.1 Å². The van der Waals surface area contributed by atoms with Crippen LogP contribution in [0.2, 0.25) is 0 Å². The average molecular weight is 552 g/mol. The molecule has 6 nitrogen and oxygen atoms in total. The fourth-order valence-corrected chi connectivity index (χ4v) is 4.98. The predicted molar refractivity (Wildman–Crippen MR) is 152 cm³/mol. The van der Waals surface area contributed by atoms with Crippen molar-refractivity contribution in [3.05, 3.63) is 89.5 Å². The zero-order valence-electron chi connectivity index (χ0n) is 23.4. The molecule has 0 radical (unpaired) electrons. The van der Waals surface area contributed by atoms with Crippen molar-refractivity contribution in [2.24, 2.45) is 0 Å². The van der Waals surface area contributed by atoms with E-state index in [9.17, 15) is 18.0 Å². The van der Waals surface area contributed by atoms with Crippen molar-refractivity contribution in [1.29, 1.82) is 0 Å². The third kappa shape index (κ3) is 7.47. The molecule has 0 N–H and O–H groups in total. The molecule has 0 atom stereocenters. The maximum Gasteiger partial charge on any atom is 0.416 e. The Morgan fingerprint density at radius 2 is 1.77 bits per heavy atom. The summed E-state index contributed by atoms with van der Waals surface area (Å²) in [5.41, 5.74) is 3.52. The highest BCUT2D eigenvalue weighted by atomic mass is 19.4. The third-order valence-corrected chi connectivity index (χ3v) is 7.40. The summed E-state index contributed by atoms with van der Waals surface area (Å²) < 4.78 is 38.8. The molecule has 212 valence electrons. The largest absolute Gasteiger partial charge is 0.416 e. The molecule has 4 rings (SSSR count). The molecule has 0 spiro atoms. The Balaban J connectivity index is 1.55. The molecule has 3 aromatic rings. The summed E-state index contributed by atoms with van der Waals surface area (Å²) in [5, 5.41) is 0. The van der Waals surface area contributed by atoms with Crippen LogP contribution >= 0.6 is 0 Å². The zero-order chi connectivity index (χ0) is 28.9. The lowest BCUT2D eigenvalue weighted by Gasteiger charge is -2.39. The fraction of sp³-hybridized carbons (Fsp3) is 0.387. The van der Waals surface area contributed by atoms with E-state index in [1.165, 1.54) is 18.2 Å². The number of benzene rings is 1. The van der Waals surface area contributed by atoms with Crippen LogP contribution in [-0.4, -0.2) is 57.9 Å². The average Bonchev–Trinajstić information content (AvgIpc) is 2.94. The van der Waals surface area contributed by atoms with E-state index in [1.54, 1.807) is 24.7 Å². The summed E-state index contributed by atoms with van der Waals surface area (Å²) >= 11 is 0. The number of aromatic nitrogens is 2. The van der Waals surface area contributed by atoms with Gasteiger partial charge in [-0.05, 0) is 81.1 Å². The van der Waals surface area contributed by atoms with E-state index in [-0.39, 0.29) is 11.9 Å². The maximum atomic E-state index is 13.5. The van der Waals surface area contributed by atoms with Crippen molar-refractivity contribution >= 4 is 23.4 Å². The van der Waals surface area contributed by atoms with Crippen LogP contribution in [0.3, 0.4) is 0 Å². The number of nitrogens with zero attached hydrogens (tertiary/aromatic N) is 5. The fourth-order valence-electron chi connectivity index (χ4n) is 4.98. The molecule has 0 saturated carbocycles. The number of carbonyl (C=O) groups is 1. The van der Waals surface area contributed by atoms with Crippen LogP contribution in [0.15, 0.2) is 67.1 Å². The van der Waals surface area contributed by atoms with Crippen LogP contribution in [0.5, 0.6) is 0 Å². The lowest BCUT2D eigenvalue weighted by molar-refractivity contribution is -0.137. The number of carbonyl (C=O) groups excluding carboxylic acids is 1. The predicted octanol–water partition coefficient (Wildman–Crippen LogP) is 6.49. The van der Waals surface area contributed by atoms with E-state index >= 15 is 0 Å². The summed E-state index contributed by atoms with van der Waals surface area (Å²) in [6, 6.07) is 11.3. The minimum absolute atomic E-state index is 0.0454. The minimum atomic E-state index is -4.40. The zero-order valence-corrected chi connectivity index (χ0v) is 23.4. The molecular formula is C31H36F3N5O. The quantitative estimate of drug-likeness (QED) is 0.300. The molecule has 1 aliphatic heterocycles. The molecule has 1 aromatic carbocycles. The molecule has 1 aliphatic rings. The minimum Gasteiger partial charge on any atom is -0.343 e. The Hall–Kier alpha value is -3.72. The van der Waals surface area contributed by atoms with Gasteiger partial charge in [0.1, 0.15) is 0 Å². The molecule has 1 saturated heterocycles. The molecule has 3 heterocycles. The number of amides is 1. The summed E-state index contributed by atoms with van der Waals surface area (Å²) in [4.78, 5) is 28.6. The van der Waals surface area contributed by atoms with Crippen LogP contribution < -0.4 is 4.90 Å². The smallest absolute Gasteiger partial charge is 0.343 e. The standard InChI is InChI=1S/C31H36F3N5O/c1-22(2)38-15-12-27(13-16-38)39(30(40)10-7-24-5-8-26(9-6-24)31(32,33)34)21-25-18-29(20-35-19-25)37(4)28-11-14-36-23(3)17-28/h5-11,14,17-20,22,27H,12-13,15-16,21H2,1-4H3. The second-order valence-electron chi connectivity index (χ2n) is 10.5. The van der Waals surface area contributed by atoms with Crippen molar-refractivity contribution < 1.29 is 18.0 Å². The molecule has 0 bridgehead atoms.